The molecule has 8 heteroatoms. The van der Waals surface area contributed by atoms with E-state index in [-0.39, 0.29) is 29.1 Å². The van der Waals surface area contributed by atoms with Crippen LogP contribution in [0.25, 0.3) is 0 Å². The minimum Gasteiger partial charge on any atom is -0.368 e. The Morgan fingerprint density at radius 3 is 2.73 bits per heavy atom. The Morgan fingerprint density at radius 2 is 2.14 bits per heavy atom. The SMILES string of the molecule is CNCC(=O)N[C@H]1CCSC2CC(C)(C)[C@@H](C(N)=O)N2C1=O. The van der Waals surface area contributed by atoms with Crippen LogP contribution >= 0.6 is 11.8 Å². The molecular weight excluding hydrogens is 304 g/mol. The maximum Gasteiger partial charge on any atom is 0.246 e. The number of hydrogen-bond acceptors (Lipinski definition) is 5. The number of rotatable bonds is 4. The molecule has 2 rings (SSSR count). The lowest BCUT2D eigenvalue weighted by atomic mass is 9.84. The molecule has 124 valence electrons. The van der Waals surface area contributed by atoms with Crippen molar-refractivity contribution in [2.24, 2.45) is 11.1 Å². The summed E-state index contributed by atoms with van der Waals surface area (Å²) in [5, 5.41) is 5.46. The van der Waals surface area contributed by atoms with E-state index in [1.165, 1.54) is 0 Å². The number of amides is 3. The average molecular weight is 328 g/mol. The highest BCUT2D eigenvalue weighted by atomic mass is 32.2. The number of thioether (sulfide) groups is 1. The van der Waals surface area contributed by atoms with Crippen LogP contribution in [0.4, 0.5) is 0 Å². The Bertz CT molecular complexity index is 483. The van der Waals surface area contributed by atoms with Crippen molar-refractivity contribution in [3.8, 4) is 0 Å². The van der Waals surface area contributed by atoms with Crippen LogP contribution in [-0.4, -0.2) is 59.4 Å². The molecule has 2 aliphatic rings. The average Bonchev–Trinajstić information content (AvgIpc) is 2.60. The first-order chi connectivity index (χ1) is 10.3. The second-order valence-corrected chi connectivity index (χ2v) is 7.79. The maximum absolute atomic E-state index is 12.8. The highest BCUT2D eigenvalue weighted by Gasteiger charge is 2.53. The third-order valence-corrected chi connectivity index (χ3v) is 5.49. The van der Waals surface area contributed by atoms with Crippen molar-refractivity contribution in [3.63, 3.8) is 0 Å². The van der Waals surface area contributed by atoms with Gasteiger partial charge in [0.15, 0.2) is 0 Å². The van der Waals surface area contributed by atoms with Crippen molar-refractivity contribution in [1.29, 1.82) is 0 Å². The Kier molecular flexibility index (Phi) is 5.01. The number of nitrogens with zero attached hydrogens (tertiary/aromatic N) is 1. The van der Waals surface area contributed by atoms with E-state index in [4.69, 9.17) is 5.73 Å². The summed E-state index contributed by atoms with van der Waals surface area (Å²) >= 11 is 1.66. The summed E-state index contributed by atoms with van der Waals surface area (Å²) < 4.78 is 0. The lowest BCUT2D eigenvalue weighted by molar-refractivity contribution is -0.142. The van der Waals surface area contributed by atoms with Crippen molar-refractivity contribution in [1.82, 2.24) is 15.5 Å². The number of nitrogens with one attached hydrogen (secondary N) is 2. The minimum atomic E-state index is -0.626. The van der Waals surface area contributed by atoms with Crippen LogP contribution in [0.5, 0.6) is 0 Å². The van der Waals surface area contributed by atoms with Gasteiger partial charge in [-0.15, -0.1) is 11.8 Å². The van der Waals surface area contributed by atoms with Crippen LogP contribution in [0.1, 0.15) is 26.7 Å². The standard InChI is InChI=1S/C14H24N4O3S/c1-14(2)6-10-18(11(14)12(15)20)13(21)8(4-5-22-10)17-9(19)7-16-3/h8,10-11,16H,4-7H2,1-3H3,(H2,15,20)(H,17,19)/t8-,10?,11+/m0/s1. The maximum atomic E-state index is 12.8. The van der Waals surface area contributed by atoms with E-state index in [1.54, 1.807) is 23.7 Å². The molecule has 2 saturated heterocycles. The van der Waals surface area contributed by atoms with Gasteiger partial charge in [-0.25, -0.2) is 0 Å². The van der Waals surface area contributed by atoms with Crippen LogP contribution in [-0.2, 0) is 14.4 Å². The van der Waals surface area contributed by atoms with Crippen molar-refractivity contribution in [3.05, 3.63) is 0 Å². The van der Waals surface area contributed by atoms with Crippen molar-refractivity contribution in [2.45, 2.75) is 44.1 Å². The number of primary amides is 1. The second kappa shape index (κ2) is 6.45. The molecule has 0 bridgehead atoms. The van der Waals surface area contributed by atoms with Crippen LogP contribution in [0.3, 0.4) is 0 Å². The fraction of sp³-hybridized carbons (Fsp3) is 0.786. The predicted octanol–water partition coefficient (Wildman–Crippen LogP) is -0.734. The molecule has 0 aromatic carbocycles. The Morgan fingerprint density at radius 1 is 1.45 bits per heavy atom. The smallest absolute Gasteiger partial charge is 0.246 e. The lowest BCUT2D eigenvalue weighted by Crippen LogP contribution is -2.56. The van der Waals surface area contributed by atoms with E-state index in [9.17, 15) is 14.4 Å². The molecule has 22 heavy (non-hydrogen) atoms. The monoisotopic (exact) mass is 328 g/mol. The zero-order valence-corrected chi connectivity index (χ0v) is 14.0. The van der Waals surface area contributed by atoms with Gasteiger partial charge in [0.25, 0.3) is 0 Å². The molecule has 4 N–H and O–H groups in total. The highest BCUT2D eigenvalue weighted by Crippen LogP contribution is 2.45. The molecule has 2 fully saturated rings. The predicted molar refractivity (Wildman–Crippen MR) is 84.9 cm³/mol. The van der Waals surface area contributed by atoms with Gasteiger partial charge < -0.3 is 21.3 Å². The van der Waals surface area contributed by atoms with Crippen molar-refractivity contribution >= 4 is 29.5 Å². The van der Waals surface area contributed by atoms with Crippen molar-refractivity contribution in [2.75, 3.05) is 19.3 Å². The number of hydrogen-bond donors (Lipinski definition) is 3. The zero-order valence-electron chi connectivity index (χ0n) is 13.2. The number of carbonyl (C=O) groups excluding carboxylic acids is 3. The Hall–Kier alpha value is -1.28. The molecule has 0 spiro atoms. The number of fused-ring (bicyclic) bond motifs is 1. The molecular formula is C14H24N4O3S. The molecule has 0 aliphatic carbocycles. The van der Waals surface area contributed by atoms with Gasteiger partial charge in [-0.3, -0.25) is 14.4 Å². The third kappa shape index (κ3) is 3.22. The quantitative estimate of drug-likeness (QED) is 0.631. The van der Waals surface area contributed by atoms with E-state index >= 15 is 0 Å². The summed E-state index contributed by atoms with van der Waals surface area (Å²) in [5.41, 5.74) is 5.20. The van der Waals surface area contributed by atoms with Crippen LogP contribution in [0.15, 0.2) is 0 Å². The first-order valence-corrected chi connectivity index (χ1v) is 8.50. The molecule has 2 aliphatic heterocycles. The molecule has 0 aromatic heterocycles. The summed E-state index contributed by atoms with van der Waals surface area (Å²) in [7, 11) is 1.67. The zero-order chi connectivity index (χ0) is 16.5. The fourth-order valence-electron chi connectivity index (χ4n) is 3.30. The molecule has 0 aromatic rings. The van der Waals surface area contributed by atoms with Gasteiger partial charge in [-0.2, -0.15) is 0 Å². The van der Waals surface area contributed by atoms with Gasteiger partial charge in [-0.1, -0.05) is 13.8 Å². The second-order valence-electron chi connectivity index (χ2n) is 6.51. The number of likely N-dealkylation sites (N-methyl/N-ethyl adjacent to an activating group) is 1. The first-order valence-electron chi connectivity index (χ1n) is 7.45. The topological polar surface area (TPSA) is 105 Å². The molecule has 7 nitrogen and oxygen atoms in total. The van der Waals surface area contributed by atoms with E-state index < -0.39 is 18.0 Å². The molecule has 1 unspecified atom stereocenters. The normalized spacial score (nSPS) is 30.6. The summed E-state index contributed by atoms with van der Waals surface area (Å²) in [6, 6.07) is -1.21. The Balaban J connectivity index is 2.22. The summed E-state index contributed by atoms with van der Waals surface area (Å²) in [5.74, 6) is -0.144. The third-order valence-electron chi connectivity index (χ3n) is 4.24. The fourth-order valence-corrected chi connectivity index (χ4v) is 4.88. The first kappa shape index (κ1) is 17.1. The molecule has 3 atom stereocenters. The van der Waals surface area contributed by atoms with Gasteiger partial charge in [0.2, 0.25) is 17.7 Å². The minimum absolute atomic E-state index is 0.0498. The summed E-state index contributed by atoms with van der Waals surface area (Å²) in [6.07, 6.45) is 1.30. The van der Waals surface area contributed by atoms with Gasteiger partial charge in [0.1, 0.15) is 12.1 Å². The van der Waals surface area contributed by atoms with E-state index in [1.807, 2.05) is 13.8 Å². The van der Waals surface area contributed by atoms with Gasteiger partial charge in [0, 0.05) is 0 Å². The van der Waals surface area contributed by atoms with Crippen molar-refractivity contribution < 1.29 is 14.4 Å². The number of carbonyl (C=O) groups is 3. The highest BCUT2D eigenvalue weighted by molar-refractivity contribution is 7.99. The van der Waals surface area contributed by atoms with Gasteiger partial charge in [-0.05, 0) is 31.1 Å². The molecule has 0 saturated carbocycles. The van der Waals surface area contributed by atoms with Gasteiger partial charge >= 0.3 is 0 Å². The summed E-state index contributed by atoms with van der Waals surface area (Å²) in [4.78, 5) is 38.1. The molecule has 0 radical (unpaired) electrons. The van der Waals surface area contributed by atoms with Crippen LogP contribution in [0.2, 0.25) is 0 Å². The summed E-state index contributed by atoms with van der Waals surface area (Å²) in [6.45, 7) is 4.07. The van der Waals surface area contributed by atoms with Gasteiger partial charge in [0.05, 0.1) is 11.9 Å². The van der Waals surface area contributed by atoms with E-state index in [2.05, 4.69) is 10.6 Å². The Labute approximate surface area is 134 Å². The largest absolute Gasteiger partial charge is 0.368 e. The van der Waals surface area contributed by atoms with E-state index in [0.717, 1.165) is 12.2 Å². The van der Waals surface area contributed by atoms with E-state index in [0.29, 0.717) is 6.42 Å². The van der Waals surface area contributed by atoms with Crippen LogP contribution in [0, 0.1) is 5.41 Å². The molecule has 3 amide bonds. The van der Waals surface area contributed by atoms with Crippen LogP contribution < -0.4 is 16.4 Å². The number of nitrogens with two attached hydrogens (primary N) is 1. The lowest BCUT2D eigenvalue weighted by Gasteiger charge is -2.32. The molecule has 2 heterocycles.